The zero-order valence-corrected chi connectivity index (χ0v) is 14.3. The molecule has 0 spiro atoms. The lowest BCUT2D eigenvalue weighted by Crippen LogP contribution is -2.25. The Morgan fingerprint density at radius 3 is 2.62 bits per heavy atom. The fourth-order valence-corrected chi connectivity index (χ4v) is 3.01. The maximum Gasteiger partial charge on any atom is 0.222 e. The van der Waals surface area contributed by atoms with Gasteiger partial charge in [-0.05, 0) is 11.1 Å². The molecule has 0 aliphatic carbocycles. The van der Waals surface area contributed by atoms with Crippen molar-refractivity contribution in [2.45, 2.75) is 35.7 Å². The van der Waals surface area contributed by atoms with Gasteiger partial charge in [0.25, 0.3) is 0 Å². The number of benzene rings is 1. The third kappa shape index (κ3) is 4.49. The van der Waals surface area contributed by atoms with Crippen LogP contribution in [0.25, 0.3) is 0 Å². The maximum atomic E-state index is 11.6. The lowest BCUT2D eigenvalue weighted by atomic mass is 9.95. The van der Waals surface area contributed by atoms with Gasteiger partial charge in [0.2, 0.25) is 5.91 Å². The first kappa shape index (κ1) is 16.9. The third-order valence-corrected chi connectivity index (χ3v) is 3.98. The summed E-state index contributed by atoms with van der Waals surface area (Å²) in [5, 5.41) is 0. The van der Waals surface area contributed by atoms with E-state index in [0.29, 0.717) is 26.0 Å². The van der Waals surface area contributed by atoms with Gasteiger partial charge in [-0.15, -0.1) is 0 Å². The van der Waals surface area contributed by atoms with Gasteiger partial charge < -0.3 is 9.64 Å². The number of alkyl halides is 3. The van der Waals surface area contributed by atoms with E-state index < -0.39 is 9.39 Å². The number of ether oxygens (including phenoxy) is 1. The molecule has 1 aromatic carbocycles. The van der Waals surface area contributed by atoms with Gasteiger partial charge in [0.05, 0.1) is 6.61 Å². The molecule has 0 aromatic heterocycles. The summed E-state index contributed by atoms with van der Waals surface area (Å²) in [5.41, 5.74) is 1.52. The number of hydrogen-bond donors (Lipinski definition) is 0. The first-order valence-electron chi connectivity index (χ1n) is 6.80. The largest absolute Gasteiger partial charge is 0.364 e. The molecule has 0 bridgehead atoms. The summed E-state index contributed by atoms with van der Waals surface area (Å²) < 4.78 is 4.21. The molecule has 116 valence electrons. The van der Waals surface area contributed by atoms with Crippen molar-refractivity contribution in [1.29, 1.82) is 0 Å². The van der Waals surface area contributed by atoms with Crippen molar-refractivity contribution in [3.63, 3.8) is 0 Å². The highest BCUT2D eigenvalue weighted by Crippen LogP contribution is 2.49. The van der Waals surface area contributed by atoms with Crippen molar-refractivity contribution in [3.8, 4) is 0 Å². The van der Waals surface area contributed by atoms with E-state index in [1.807, 2.05) is 31.2 Å². The summed E-state index contributed by atoms with van der Waals surface area (Å²) in [6, 6.07) is 7.91. The van der Waals surface area contributed by atoms with Crippen LogP contribution in [0.1, 0.15) is 30.9 Å². The normalized spacial score (nSPS) is 21.2. The van der Waals surface area contributed by atoms with Crippen LogP contribution in [0.4, 0.5) is 0 Å². The van der Waals surface area contributed by atoms with Crippen molar-refractivity contribution in [1.82, 2.24) is 4.90 Å². The monoisotopic (exact) mass is 349 g/mol. The Morgan fingerprint density at radius 2 is 2.10 bits per heavy atom. The van der Waals surface area contributed by atoms with Gasteiger partial charge >= 0.3 is 0 Å². The molecule has 1 fully saturated rings. The van der Waals surface area contributed by atoms with Crippen LogP contribution in [0.2, 0.25) is 0 Å². The zero-order chi connectivity index (χ0) is 15.7. The van der Waals surface area contributed by atoms with Gasteiger partial charge in [0.1, 0.15) is 5.60 Å². The highest BCUT2D eigenvalue weighted by atomic mass is 35.6. The minimum atomic E-state index is -1.35. The van der Waals surface area contributed by atoms with Gasteiger partial charge in [0, 0.05) is 26.4 Å². The average molecular weight is 351 g/mol. The highest BCUT2D eigenvalue weighted by molar-refractivity contribution is 6.67. The molecule has 6 heteroatoms. The molecule has 0 N–H and O–H groups in total. The summed E-state index contributed by atoms with van der Waals surface area (Å²) in [4.78, 5) is 13.3. The highest BCUT2D eigenvalue weighted by Gasteiger charge is 2.51. The molecule has 0 radical (unpaired) electrons. The Morgan fingerprint density at radius 1 is 1.43 bits per heavy atom. The minimum Gasteiger partial charge on any atom is -0.364 e. The minimum absolute atomic E-state index is 0.110. The van der Waals surface area contributed by atoms with Gasteiger partial charge in [-0.1, -0.05) is 66.0 Å². The standard InChI is InChI=1S/C15H18Cl3NO2/c1-3-13(20)19(2)8-11-5-4-6-12(7-11)14(10-21-14)9-15(16,17)18/h4-7H,3,8-10H2,1-2H3. The predicted octanol–water partition coefficient (Wildman–Crippen LogP) is 4.04. The number of carbonyl (C=O) groups is 1. The first-order valence-corrected chi connectivity index (χ1v) is 7.93. The number of nitrogens with zero attached hydrogens (tertiary/aromatic N) is 1. The summed E-state index contributed by atoms with van der Waals surface area (Å²) in [5.74, 6) is 0.110. The molecule has 3 nitrogen and oxygen atoms in total. The molecule has 1 amide bonds. The molecule has 1 aromatic rings. The predicted molar refractivity (Wildman–Crippen MR) is 85.7 cm³/mol. The molecule has 1 unspecified atom stereocenters. The Bertz CT molecular complexity index is 524. The number of epoxide rings is 1. The number of carbonyl (C=O) groups excluding carboxylic acids is 1. The van der Waals surface area contributed by atoms with Crippen molar-refractivity contribution >= 4 is 40.7 Å². The van der Waals surface area contributed by atoms with E-state index in [2.05, 4.69) is 0 Å². The fraction of sp³-hybridized carbons (Fsp3) is 0.533. The molecule has 21 heavy (non-hydrogen) atoms. The SMILES string of the molecule is CCC(=O)N(C)Cc1cccc(C2(CC(Cl)(Cl)Cl)CO2)c1. The Balaban J connectivity index is 2.13. The van der Waals surface area contributed by atoms with Crippen LogP contribution in [-0.2, 0) is 21.7 Å². The van der Waals surface area contributed by atoms with Crippen LogP contribution < -0.4 is 0 Å². The fourth-order valence-electron chi connectivity index (χ4n) is 2.37. The number of halogens is 3. The quantitative estimate of drug-likeness (QED) is 0.593. The van der Waals surface area contributed by atoms with E-state index in [-0.39, 0.29) is 5.91 Å². The number of rotatable bonds is 5. The second-order valence-electron chi connectivity index (χ2n) is 5.38. The Hall–Kier alpha value is -0.480. The number of hydrogen-bond acceptors (Lipinski definition) is 2. The molecule has 0 saturated carbocycles. The lowest BCUT2D eigenvalue weighted by molar-refractivity contribution is -0.130. The van der Waals surface area contributed by atoms with Crippen LogP contribution >= 0.6 is 34.8 Å². The van der Waals surface area contributed by atoms with E-state index in [9.17, 15) is 4.79 Å². The van der Waals surface area contributed by atoms with E-state index in [1.165, 1.54) is 0 Å². The van der Waals surface area contributed by atoms with Crippen LogP contribution in [0.15, 0.2) is 24.3 Å². The first-order chi connectivity index (χ1) is 9.76. The van der Waals surface area contributed by atoms with Gasteiger partial charge in [-0.2, -0.15) is 0 Å². The molecule has 1 heterocycles. The van der Waals surface area contributed by atoms with Crippen LogP contribution in [-0.4, -0.2) is 28.3 Å². The molecule has 1 aliphatic heterocycles. The lowest BCUT2D eigenvalue weighted by Gasteiger charge is -2.20. The zero-order valence-electron chi connectivity index (χ0n) is 12.0. The second kappa shape index (κ2) is 6.33. The smallest absolute Gasteiger partial charge is 0.222 e. The molecule has 1 atom stereocenters. The van der Waals surface area contributed by atoms with Gasteiger partial charge in [-0.3, -0.25) is 4.79 Å². The van der Waals surface area contributed by atoms with Gasteiger partial charge in [-0.25, -0.2) is 0 Å². The van der Waals surface area contributed by atoms with Crippen LogP contribution in [0, 0.1) is 0 Å². The molecule has 1 aliphatic rings. The summed E-state index contributed by atoms with van der Waals surface area (Å²) >= 11 is 17.7. The van der Waals surface area contributed by atoms with Crippen LogP contribution in [0.5, 0.6) is 0 Å². The summed E-state index contributed by atoms with van der Waals surface area (Å²) in [7, 11) is 1.79. The topological polar surface area (TPSA) is 32.8 Å². The number of amides is 1. The van der Waals surface area contributed by atoms with Crippen molar-refractivity contribution in [2.75, 3.05) is 13.7 Å². The third-order valence-electron chi connectivity index (χ3n) is 3.58. The van der Waals surface area contributed by atoms with Crippen molar-refractivity contribution in [2.24, 2.45) is 0 Å². The molecular formula is C15H18Cl3NO2. The van der Waals surface area contributed by atoms with E-state index >= 15 is 0 Å². The Labute approximate surface area is 140 Å². The molecule has 2 rings (SSSR count). The van der Waals surface area contributed by atoms with E-state index in [1.54, 1.807) is 11.9 Å². The van der Waals surface area contributed by atoms with Crippen LogP contribution in [0.3, 0.4) is 0 Å². The molecule has 1 saturated heterocycles. The Kier molecular flexibility index (Phi) is 5.09. The molecular weight excluding hydrogens is 333 g/mol. The van der Waals surface area contributed by atoms with E-state index in [0.717, 1.165) is 11.1 Å². The summed E-state index contributed by atoms with van der Waals surface area (Å²) in [6.45, 7) is 2.96. The maximum absolute atomic E-state index is 11.6. The van der Waals surface area contributed by atoms with Crippen molar-refractivity contribution < 1.29 is 9.53 Å². The van der Waals surface area contributed by atoms with Crippen molar-refractivity contribution in [3.05, 3.63) is 35.4 Å². The summed E-state index contributed by atoms with van der Waals surface area (Å²) in [6.07, 6.45) is 0.814. The second-order valence-corrected chi connectivity index (χ2v) is 7.89. The van der Waals surface area contributed by atoms with E-state index in [4.69, 9.17) is 39.5 Å². The van der Waals surface area contributed by atoms with Gasteiger partial charge in [0.15, 0.2) is 3.79 Å². The average Bonchev–Trinajstić information content (AvgIpc) is 3.16.